The van der Waals surface area contributed by atoms with Gasteiger partial charge in [-0.15, -0.1) is 0 Å². The van der Waals surface area contributed by atoms with Crippen LogP contribution in [0.15, 0.2) is 0 Å². The molecule has 82 valence electrons. The van der Waals surface area contributed by atoms with Gasteiger partial charge in [-0.3, -0.25) is 4.79 Å². The van der Waals surface area contributed by atoms with E-state index in [0.717, 1.165) is 0 Å². The molecule has 0 fully saturated rings. The number of rotatable bonds is 8. The first-order valence-corrected chi connectivity index (χ1v) is 4.30. The first-order valence-electron chi connectivity index (χ1n) is 4.30. The van der Waals surface area contributed by atoms with Crippen molar-refractivity contribution in [3.05, 3.63) is 0 Å². The summed E-state index contributed by atoms with van der Waals surface area (Å²) >= 11 is 0. The van der Waals surface area contributed by atoms with Crippen LogP contribution < -0.4 is 0 Å². The summed E-state index contributed by atoms with van der Waals surface area (Å²) in [5, 5.41) is 16.9. The van der Waals surface area contributed by atoms with Crippen LogP contribution in [0.5, 0.6) is 0 Å². The molecule has 1 unspecified atom stereocenters. The number of carboxylic acids is 2. The summed E-state index contributed by atoms with van der Waals surface area (Å²) in [6, 6.07) is 0. The highest BCUT2D eigenvalue weighted by atomic mass is 17.2. The lowest BCUT2D eigenvalue weighted by Crippen LogP contribution is -2.24. The molecule has 0 aromatic carbocycles. The minimum Gasteiger partial charge on any atom is -0.481 e. The molecule has 0 aliphatic rings. The molecule has 0 aliphatic carbocycles. The lowest BCUT2D eigenvalue weighted by atomic mass is 10.1. The van der Waals surface area contributed by atoms with Crippen LogP contribution in [0.1, 0.15) is 26.2 Å². The van der Waals surface area contributed by atoms with Crippen LogP contribution in [0.25, 0.3) is 0 Å². The molecule has 0 rings (SSSR count). The molecule has 6 heteroatoms. The van der Waals surface area contributed by atoms with Gasteiger partial charge in [-0.2, -0.15) is 0 Å². The van der Waals surface area contributed by atoms with Gasteiger partial charge in [0.1, 0.15) is 0 Å². The number of carboxylic acid groups (broad SMARTS) is 2. The summed E-state index contributed by atoms with van der Waals surface area (Å²) in [7, 11) is 0. The second kappa shape index (κ2) is 7.28. The predicted molar refractivity (Wildman–Crippen MR) is 45.6 cm³/mol. The molecule has 0 saturated carbocycles. The topological polar surface area (TPSA) is 93.1 Å². The Morgan fingerprint density at radius 3 is 2.43 bits per heavy atom. The molecule has 0 spiro atoms. The molecule has 0 bridgehead atoms. The van der Waals surface area contributed by atoms with Gasteiger partial charge in [0.15, 0.2) is 6.10 Å². The van der Waals surface area contributed by atoms with Gasteiger partial charge in [0, 0.05) is 6.42 Å². The summed E-state index contributed by atoms with van der Waals surface area (Å²) in [6.07, 6.45) is -0.783. The van der Waals surface area contributed by atoms with Crippen molar-refractivity contribution in [2.24, 2.45) is 0 Å². The Bertz CT molecular complexity index is 190. The van der Waals surface area contributed by atoms with E-state index < -0.39 is 18.0 Å². The van der Waals surface area contributed by atoms with Gasteiger partial charge in [0.25, 0.3) is 0 Å². The minimum absolute atomic E-state index is 0.0702. The van der Waals surface area contributed by atoms with E-state index >= 15 is 0 Å². The lowest BCUT2D eigenvalue weighted by molar-refractivity contribution is -0.318. The number of aliphatic carboxylic acids is 2. The van der Waals surface area contributed by atoms with E-state index in [1.54, 1.807) is 6.92 Å². The van der Waals surface area contributed by atoms with Crippen molar-refractivity contribution in [1.82, 2.24) is 0 Å². The third kappa shape index (κ3) is 6.38. The summed E-state index contributed by atoms with van der Waals surface area (Å²) in [4.78, 5) is 29.7. The minimum atomic E-state index is -1.15. The fourth-order valence-electron chi connectivity index (χ4n) is 0.802. The fraction of sp³-hybridized carbons (Fsp3) is 0.750. The molecule has 14 heavy (non-hydrogen) atoms. The van der Waals surface area contributed by atoms with E-state index in [9.17, 15) is 9.59 Å². The SMILES string of the molecule is CCOOC(CCCC(=O)O)C(=O)O. The van der Waals surface area contributed by atoms with Crippen molar-refractivity contribution in [1.29, 1.82) is 0 Å². The molecule has 0 heterocycles. The highest BCUT2D eigenvalue weighted by molar-refractivity contribution is 5.72. The largest absolute Gasteiger partial charge is 0.481 e. The van der Waals surface area contributed by atoms with Crippen molar-refractivity contribution in [3.8, 4) is 0 Å². The van der Waals surface area contributed by atoms with Crippen molar-refractivity contribution in [3.63, 3.8) is 0 Å². The molecule has 0 amide bonds. The van der Waals surface area contributed by atoms with Gasteiger partial charge in [-0.1, -0.05) is 0 Å². The molecule has 1 atom stereocenters. The molecule has 0 aliphatic heterocycles. The third-order valence-electron chi connectivity index (χ3n) is 1.43. The normalized spacial score (nSPS) is 12.4. The van der Waals surface area contributed by atoms with E-state index in [1.165, 1.54) is 0 Å². The highest BCUT2D eigenvalue weighted by Gasteiger charge is 2.19. The summed E-state index contributed by atoms with van der Waals surface area (Å²) in [6.45, 7) is 1.92. The van der Waals surface area contributed by atoms with E-state index in [4.69, 9.17) is 10.2 Å². The predicted octanol–water partition coefficient (Wildman–Crippen LogP) is 0.663. The van der Waals surface area contributed by atoms with Crippen LogP contribution in [-0.2, 0) is 19.4 Å². The second-order valence-electron chi connectivity index (χ2n) is 2.62. The maximum absolute atomic E-state index is 10.5. The molecule has 6 nitrogen and oxygen atoms in total. The first kappa shape index (κ1) is 12.9. The van der Waals surface area contributed by atoms with Crippen molar-refractivity contribution in [2.75, 3.05) is 6.61 Å². The third-order valence-corrected chi connectivity index (χ3v) is 1.43. The van der Waals surface area contributed by atoms with Gasteiger partial charge in [0.2, 0.25) is 0 Å². The van der Waals surface area contributed by atoms with E-state index in [-0.39, 0.29) is 25.9 Å². The Balaban J connectivity index is 3.73. The fourth-order valence-corrected chi connectivity index (χ4v) is 0.802. The first-order chi connectivity index (χ1) is 6.57. The smallest absolute Gasteiger partial charge is 0.336 e. The van der Waals surface area contributed by atoms with Crippen LogP contribution in [-0.4, -0.2) is 34.9 Å². The van der Waals surface area contributed by atoms with E-state index in [1.807, 2.05) is 0 Å². The maximum Gasteiger partial charge on any atom is 0.336 e. The van der Waals surface area contributed by atoms with Crippen molar-refractivity contribution in [2.45, 2.75) is 32.3 Å². The highest BCUT2D eigenvalue weighted by Crippen LogP contribution is 2.06. The number of carbonyl (C=O) groups is 2. The van der Waals surface area contributed by atoms with Crippen LogP contribution >= 0.6 is 0 Å². The second-order valence-corrected chi connectivity index (χ2v) is 2.62. The Labute approximate surface area is 81.4 Å². The zero-order valence-electron chi connectivity index (χ0n) is 7.93. The number of hydrogen-bond donors (Lipinski definition) is 2. The van der Waals surface area contributed by atoms with Crippen molar-refractivity contribution < 1.29 is 29.6 Å². The van der Waals surface area contributed by atoms with Gasteiger partial charge >= 0.3 is 11.9 Å². The number of hydrogen-bond acceptors (Lipinski definition) is 4. The molecule has 2 N–H and O–H groups in total. The quantitative estimate of drug-likeness (QED) is 0.447. The molecule has 0 aromatic heterocycles. The zero-order chi connectivity index (χ0) is 11.0. The van der Waals surface area contributed by atoms with Crippen molar-refractivity contribution >= 4 is 11.9 Å². The maximum atomic E-state index is 10.5. The lowest BCUT2D eigenvalue weighted by Gasteiger charge is -2.10. The Morgan fingerprint density at radius 1 is 1.36 bits per heavy atom. The average molecular weight is 206 g/mol. The van der Waals surface area contributed by atoms with Crippen LogP contribution in [0.4, 0.5) is 0 Å². The monoisotopic (exact) mass is 206 g/mol. The molecule has 0 saturated heterocycles. The standard InChI is InChI=1S/C8H14O6/c1-2-13-14-6(8(11)12)4-3-5-7(9)10/h6H,2-5H2,1H3,(H,9,10)(H,11,12). The van der Waals surface area contributed by atoms with Crippen LogP contribution in [0.2, 0.25) is 0 Å². The molecular weight excluding hydrogens is 192 g/mol. The van der Waals surface area contributed by atoms with E-state index in [2.05, 4.69) is 9.78 Å². The molecular formula is C8H14O6. The zero-order valence-corrected chi connectivity index (χ0v) is 7.93. The summed E-state index contributed by atoms with van der Waals surface area (Å²) in [5.74, 6) is -2.10. The molecule has 0 aromatic rings. The summed E-state index contributed by atoms with van der Waals surface area (Å²) in [5.41, 5.74) is 0. The van der Waals surface area contributed by atoms with Gasteiger partial charge in [-0.25, -0.2) is 14.6 Å². The Kier molecular flexibility index (Phi) is 6.69. The molecule has 0 radical (unpaired) electrons. The van der Waals surface area contributed by atoms with Gasteiger partial charge in [0.05, 0.1) is 6.61 Å². The van der Waals surface area contributed by atoms with Gasteiger partial charge < -0.3 is 10.2 Å². The van der Waals surface area contributed by atoms with Crippen LogP contribution in [0.3, 0.4) is 0 Å². The summed E-state index contributed by atoms with van der Waals surface area (Å²) < 4.78 is 0. The average Bonchev–Trinajstić information content (AvgIpc) is 2.09. The van der Waals surface area contributed by atoms with Crippen LogP contribution in [0, 0.1) is 0 Å². The van der Waals surface area contributed by atoms with Gasteiger partial charge in [-0.05, 0) is 19.8 Å². The Hall–Kier alpha value is -1.14. The van der Waals surface area contributed by atoms with E-state index in [0.29, 0.717) is 0 Å². The Morgan fingerprint density at radius 2 is 2.00 bits per heavy atom.